The van der Waals surface area contributed by atoms with Crippen molar-refractivity contribution in [1.82, 2.24) is 4.90 Å². The molecule has 5 nitrogen and oxygen atoms in total. The average Bonchev–Trinajstić information content (AvgIpc) is 2.37. The van der Waals surface area contributed by atoms with Crippen molar-refractivity contribution in [2.45, 2.75) is 31.4 Å². The molecule has 1 N–H and O–H groups in total. The maximum Gasteiger partial charge on any atom is 0.341 e. The van der Waals surface area contributed by atoms with Crippen LogP contribution in [0.1, 0.15) is 20.8 Å². The maximum atomic E-state index is 12.4. The molecule has 0 atom stereocenters. The summed E-state index contributed by atoms with van der Waals surface area (Å²) in [5.41, 5.74) is 0.264. The third kappa shape index (κ3) is 4.94. The molecule has 0 aromatic heterocycles. The Kier molecular flexibility index (Phi) is 5.50. The monoisotopic (exact) mass is 334 g/mol. The Bertz CT molecular complexity index is 622. The second-order valence-corrected chi connectivity index (χ2v) is 8.09. The highest BCUT2D eigenvalue weighted by Crippen LogP contribution is 2.21. The summed E-state index contributed by atoms with van der Waals surface area (Å²) in [5, 5.41) is 2.58. The van der Waals surface area contributed by atoms with Gasteiger partial charge in [-0.2, -0.15) is 8.78 Å². The quantitative estimate of drug-likeness (QED) is 0.919. The first-order valence-electron chi connectivity index (χ1n) is 6.58. The number of hydrogen-bond donors (Lipinski definition) is 1. The van der Waals surface area contributed by atoms with Gasteiger partial charge < -0.3 is 10.2 Å². The zero-order valence-electron chi connectivity index (χ0n) is 12.9. The van der Waals surface area contributed by atoms with Crippen molar-refractivity contribution in [3.63, 3.8) is 0 Å². The first kappa shape index (κ1) is 18.3. The number of carbonyl (C=O) groups is 1. The van der Waals surface area contributed by atoms with Crippen LogP contribution < -0.4 is 5.32 Å². The number of alkyl halides is 2. The van der Waals surface area contributed by atoms with Crippen LogP contribution in [-0.2, 0) is 9.84 Å². The SMILES string of the molecule is CN(CC(C)(C)C)C(=O)Nc1ccc(S(=O)(=O)C(F)F)cc1. The fourth-order valence-electron chi connectivity index (χ4n) is 1.83. The van der Waals surface area contributed by atoms with Crippen molar-refractivity contribution in [2.24, 2.45) is 5.41 Å². The molecule has 124 valence electrons. The third-order valence-corrected chi connectivity index (χ3v) is 4.13. The van der Waals surface area contributed by atoms with Crippen molar-refractivity contribution >= 4 is 21.6 Å². The number of amides is 2. The Morgan fingerprint density at radius 3 is 2.14 bits per heavy atom. The number of rotatable bonds is 4. The zero-order chi connectivity index (χ0) is 17.1. The van der Waals surface area contributed by atoms with Crippen LogP contribution in [0.25, 0.3) is 0 Å². The molecule has 1 aromatic rings. The van der Waals surface area contributed by atoms with Gasteiger partial charge in [-0.1, -0.05) is 20.8 Å². The number of hydrogen-bond acceptors (Lipinski definition) is 3. The Hall–Kier alpha value is -1.70. The lowest BCUT2D eigenvalue weighted by molar-refractivity contribution is 0.201. The number of carbonyl (C=O) groups excluding carboxylic acids is 1. The van der Waals surface area contributed by atoms with Crippen LogP contribution in [0.3, 0.4) is 0 Å². The van der Waals surface area contributed by atoms with E-state index in [1.165, 1.54) is 17.0 Å². The number of sulfone groups is 1. The van der Waals surface area contributed by atoms with Crippen LogP contribution in [0.5, 0.6) is 0 Å². The van der Waals surface area contributed by atoms with Crippen molar-refractivity contribution in [1.29, 1.82) is 0 Å². The van der Waals surface area contributed by atoms with E-state index in [0.717, 1.165) is 12.1 Å². The first-order chi connectivity index (χ1) is 9.93. The highest BCUT2D eigenvalue weighted by atomic mass is 32.2. The van der Waals surface area contributed by atoms with E-state index in [9.17, 15) is 22.0 Å². The van der Waals surface area contributed by atoms with Gasteiger partial charge in [0.05, 0.1) is 4.90 Å². The van der Waals surface area contributed by atoms with E-state index in [-0.39, 0.29) is 11.4 Å². The summed E-state index contributed by atoms with van der Waals surface area (Å²) in [6.45, 7) is 6.49. The molecular weight excluding hydrogens is 314 g/mol. The zero-order valence-corrected chi connectivity index (χ0v) is 13.7. The van der Waals surface area contributed by atoms with Gasteiger partial charge in [-0.05, 0) is 29.7 Å². The van der Waals surface area contributed by atoms with Crippen LogP contribution in [0.2, 0.25) is 0 Å². The third-order valence-electron chi connectivity index (χ3n) is 2.73. The molecule has 0 fully saturated rings. The van der Waals surface area contributed by atoms with Crippen LogP contribution in [0, 0.1) is 5.41 Å². The minimum atomic E-state index is -4.62. The molecule has 0 saturated heterocycles. The molecule has 0 aliphatic rings. The van der Waals surface area contributed by atoms with Crippen molar-refractivity contribution in [3.05, 3.63) is 24.3 Å². The lowest BCUT2D eigenvalue weighted by Crippen LogP contribution is -2.37. The van der Waals surface area contributed by atoms with Crippen molar-refractivity contribution < 1.29 is 22.0 Å². The fourth-order valence-corrected chi connectivity index (χ4v) is 2.55. The average molecular weight is 334 g/mol. The second-order valence-electron chi connectivity index (χ2n) is 6.18. The summed E-state index contributed by atoms with van der Waals surface area (Å²) in [4.78, 5) is 13.0. The van der Waals surface area contributed by atoms with E-state index in [4.69, 9.17) is 0 Å². The number of anilines is 1. The molecule has 0 bridgehead atoms. The molecule has 0 radical (unpaired) electrons. The van der Waals surface area contributed by atoms with Gasteiger partial charge in [0, 0.05) is 19.3 Å². The molecule has 0 aliphatic heterocycles. The second kappa shape index (κ2) is 6.60. The van der Waals surface area contributed by atoms with Crippen LogP contribution >= 0.6 is 0 Å². The summed E-state index contributed by atoms with van der Waals surface area (Å²) >= 11 is 0. The number of benzene rings is 1. The summed E-state index contributed by atoms with van der Waals surface area (Å²) in [6, 6.07) is 4.28. The topological polar surface area (TPSA) is 66.5 Å². The van der Waals surface area contributed by atoms with Gasteiger partial charge in [0.25, 0.3) is 0 Å². The van der Waals surface area contributed by atoms with E-state index >= 15 is 0 Å². The molecule has 0 unspecified atom stereocenters. The fraction of sp³-hybridized carbons (Fsp3) is 0.500. The Labute approximate surface area is 129 Å². The Balaban J connectivity index is 2.79. The molecule has 0 spiro atoms. The molecule has 22 heavy (non-hydrogen) atoms. The lowest BCUT2D eigenvalue weighted by atomic mass is 9.96. The van der Waals surface area contributed by atoms with E-state index in [1.807, 2.05) is 20.8 Å². The van der Waals surface area contributed by atoms with Crippen LogP contribution in [0.15, 0.2) is 29.2 Å². The van der Waals surface area contributed by atoms with Crippen LogP contribution in [0.4, 0.5) is 19.3 Å². The van der Waals surface area contributed by atoms with Gasteiger partial charge in [-0.15, -0.1) is 0 Å². The molecular formula is C14H20F2N2O3S. The van der Waals surface area contributed by atoms with Crippen molar-refractivity contribution in [3.8, 4) is 0 Å². The summed E-state index contributed by atoms with van der Waals surface area (Å²) in [7, 11) is -2.98. The molecule has 0 heterocycles. The predicted octanol–water partition coefficient (Wildman–Crippen LogP) is 3.19. The number of urea groups is 1. The van der Waals surface area contributed by atoms with Gasteiger partial charge in [0.15, 0.2) is 0 Å². The van der Waals surface area contributed by atoms with E-state index in [1.54, 1.807) is 7.05 Å². The molecule has 1 rings (SSSR count). The number of nitrogens with one attached hydrogen (secondary N) is 1. The molecule has 1 aromatic carbocycles. The van der Waals surface area contributed by atoms with Crippen molar-refractivity contribution in [2.75, 3.05) is 18.9 Å². The van der Waals surface area contributed by atoms with Gasteiger partial charge in [-0.3, -0.25) is 0 Å². The maximum absolute atomic E-state index is 12.4. The Morgan fingerprint density at radius 2 is 1.73 bits per heavy atom. The molecule has 8 heteroatoms. The predicted molar refractivity (Wildman–Crippen MR) is 80.7 cm³/mol. The highest BCUT2D eigenvalue weighted by Gasteiger charge is 2.26. The summed E-state index contributed by atoms with van der Waals surface area (Å²) < 4.78 is 47.4. The first-order valence-corrected chi connectivity index (χ1v) is 8.12. The smallest absolute Gasteiger partial charge is 0.327 e. The lowest BCUT2D eigenvalue weighted by Gasteiger charge is -2.26. The largest absolute Gasteiger partial charge is 0.341 e. The van der Waals surface area contributed by atoms with E-state index < -0.39 is 20.5 Å². The van der Waals surface area contributed by atoms with Gasteiger partial charge in [0.1, 0.15) is 0 Å². The molecule has 0 aliphatic carbocycles. The molecule has 2 amide bonds. The standard InChI is InChI=1S/C14H20F2N2O3S/c1-14(2,3)9-18(4)13(19)17-10-5-7-11(8-6-10)22(20,21)12(15)16/h5-8,12H,9H2,1-4H3,(H,17,19). The normalized spacial score (nSPS) is 12.3. The van der Waals surface area contributed by atoms with Gasteiger partial charge in [0.2, 0.25) is 9.84 Å². The molecule has 0 saturated carbocycles. The van der Waals surface area contributed by atoms with Gasteiger partial charge in [-0.25, -0.2) is 13.2 Å². The van der Waals surface area contributed by atoms with E-state index in [0.29, 0.717) is 12.2 Å². The summed E-state index contributed by atoms with van der Waals surface area (Å²) in [6.07, 6.45) is 0. The van der Waals surface area contributed by atoms with Crippen LogP contribution in [-0.4, -0.2) is 38.7 Å². The number of nitrogens with zero attached hydrogens (tertiary/aromatic N) is 1. The number of halogens is 2. The minimum Gasteiger partial charge on any atom is -0.327 e. The van der Waals surface area contributed by atoms with Gasteiger partial charge >= 0.3 is 11.8 Å². The van der Waals surface area contributed by atoms with E-state index in [2.05, 4.69) is 5.32 Å². The Morgan fingerprint density at radius 1 is 1.23 bits per heavy atom. The summed E-state index contributed by atoms with van der Waals surface area (Å²) in [5.74, 6) is -3.47. The minimum absolute atomic E-state index is 0.0682. The highest BCUT2D eigenvalue weighted by molar-refractivity contribution is 7.91.